The van der Waals surface area contributed by atoms with Crippen LogP contribution in [0.25, 0.3) is 0 Å². The van der Waals surface area contributed by atoms with Crippen molar-refractivity contribution in [3.05, 3.63) is 29.3 Å². The minimum atomic E-state index is -0.399. The molecule has 1 atom stereocenters. The molecule has 18 heavy (non-hydrogen) atoms. The molecule has 0 spiro atoms. The Hall–Kier alpha value is -1.51. The predicted molar refractivity (Wildman–Crippen MR) is 71.8 cm³/mol. The van der Waals surface area contributed by atoms with Gasteiger partial charge in [-0.3, -0.25) is 4.79 Å². The highest BCUT2D eigenvalue weighted by atomic mass is 16.5. The molecule has 1 aliphatic rings. The number of carbonyl (C=O) groups is 1. The van der Waals surface area contributed by atoms with Gasteiger partial charge in [-0.1, -0.05) is 12.1 Å². The van der Waals surface area contributed by atoms with Crippen LogP contribution in [0.5, 0.6) is 5.75 Å². The third-order valence-electron chi connectivity index (χ3n) is 3.41. The fraction of sp³-hybridized carbons (Fsp3) is 0.533. The Kier molecular flexibility index (Phi) is 3.90. The molecule has 0 aromatic heterocycles. The standard InChI is InChI=1S/C15H21NO2/c1-11-6-7-12(2)14(10-11)18-13(3)15(17)16-8-4-5-9-16/h6-7,10,13H,4-5,8-9H2,1-3H3/t13-/m0/s1. The molecule has 1 amide bonds. The molecular formula is C15H21NO2. The zero-order valence-corrected chi connectivity index (χ0v) is 11.4. The highest BCUT2D eigenvalue weighted by Gasteiger charge is 2.24. The molecule has 3 heteroatoms. The van der Waals surface area contributed by atoms with Crippen LogP contribution in [-0.2, 0) is 4.79 Å². The van der Waals surface area contributed by atoms with Crippen molar-refractivity contribution in [1.29, 1.82) is 0 Å². The van der Waals surface area contributed by atoms with Crippen LogP contribution in [0.1, 0.15) is 30.9 Å². The lowest BCUT2D eigenvalue weighted by Crippen LogP contribution is -2.38. The van der Waals surface area contributed by atoms with Gasteiger partial charge in [-0.2, -0.15) is 0 Å². The van der Waals surface area contributed by atoms with E-state index in [1.165, 1.54) is 0 Å². The molecule has 1 aromatic rings. The predicted octanol–water partition coefficient (Wildman–Crippen LogP) is 2.69. The second kappa shape index (κ2) is 5.42. The van der Waals surface area contributed by atoms with Gasteiger partial charge in [0.25, 0.3) is 5.91 Å². The van der Waals surface area contributed by atoms with Crippen molar-refractivity contribution < 1.29 is 9.53 Å². The Morgan fingerprint density at radius 3 is 2.61 bits per heavy atom. The van der Waals surface area contributed by atoms with Crippen molar-refractivity contribution in [2.45, 2.75) is 39.7 Å². The maximum absolute atomic E-state index is 12.1. The second-order valence-electron chi connectivity index (χ2n) is 5.06. The van der Waals surface area contributed by atoms with E-state index in [4.69, 9.17) is 4.74 Å². The number of benzene rings is 1. The normalized spacial score (nSPS) is 16.7. The maximum atomic E-state index is 12.1. The number of carbonyl (C=O) groups excluding carboxylic acids is 1. The molecule has 0 bridgehead atoms. The van der Waals surface area contributed by atoms with Gasteiger partial charge in [-0.15, -0.1) is 0 Å². The molecule has 0 aliphatic carbocycles. The van der Waals surface area contributed by atoms with Gasteiger partial charge in [0.15, 0.2) is 6.10 Å². The number of hydrogen-bond donors (Lipinski definition) is 0. The molecule has 0 radical (unpaired) electrons. The first kappa shape index (κ1) is 12.9. The van der Waals surface area contributed by atoms with Gasteiger partial charge in [-0.25, -0.2) is 0 Å². The van der Waals surface area contributed by atoms with Crippen molar-refractivity contribution in [2.24, 2.45) is 0 Å². The average Bonchev–Trinajstić information content (AvgIpc) is 2.86. The number of hydrogen-bond acceptors (Lipinski definition) is 2. The molecule has 2 rings (SSSR count). The third-order valence-corrected chi connectivity index (χ3v) is 3.41. The summed E-state index contributed by atoms with van der Waals surface area (Å²) in [6.45, 7) is 7.61. The smallest absolute Gasteiger partial charge is 0.263 e. The fourth-order valence-corrected chi connectivity index (χ4v) is 2.27. The molecule has 1 heterocycles. The molecule has 1 aromatic carbocycles. The Morgan fingerprint density at radius 2 is 1.94 bits per heavy atom. The quantitative estimate of drug-likeness (QED) is 0.822. The minimum Gasteiger partial charge on any atom is -0.481 e. The lowest BCUT2D eigenvalue weighted by Gasteiger charge is -2.22. The third kappa shape index (κ3) is 2.84. The minimum absolute atomic E-state index is 0.105. The van der Waals surface area contributed by atoms with E-state index >= 15 is 0 Å². The highest BCUT2D eigenvalue weighted by molar-refractivity contribution is 5.81. The zero-order valence-electron chi connectivity index (χ0n) is 11.4. The van der Waals surface area contributed by atoms with Crippen molar-refractivity contribution >= 4 is 5.91 Å². The monoisotopic (exact) mass is 247 g/mol. The van der Waals surface area contributed by atoms with Crippen molar-refractivity contribution in [2.75, 3.05) is 13.1 Å². The Bertz CT molecular complexity index is 436. The van der Waals surface area contributed by atoms with Crippen molar-refractivity contribution in [3.63, 3.8) is 0 Å². The summed E-state index contributed by atoms with van der Waals surface area (Å²) in [5, 5.41) is 0. The average molecular weight is 247 g/mol. The molecule has 98 valence electrons. The topological polar surface area (TPSA) is 29.5 Å². The molecule has 0 N–H and O–H groups in total. The number of aryl methyl sites for hydroxylation is 2. The van der Waals surface area contributed by atoms with Crippen LogP contribution < -0.4 is 4.74 Å². The van der Waals surface area contributed by atoms with E-state index in [-0.39, 0.29) is 5.91 Å². The number of amides is 1. The Labute approximate surface area is 109 Å². The maximum Gasteiger partial charge on any atom is 0.263 e. The summed E-state index contributed by atoms with van der Waals surface area (Å²) in [4.78, 5) is 14.0. The van der Waals surface area contributed by atoms with E-state index in [1.54, 1.807) is 0 Å². The number of nitrogens with zero attached hydrogens (tertiary/aromatic N) is 1. The number of rotatable bonds is 3. The van der Waals surface area contributed by atoms with Gasteiger partial charge in [-0.05, 0) is 50.8 Å². The molecule has 0 saturated carbocycles. The molecular weight excluding hydrogens is 226 g/mol. The number of likely N-dealkylation sites (tertiary alicyclic amines) is 1. The van der Waals surface area contributed by atoms with Crippen LogP contribution in [0.15, 0.2) is 18.2 Å². The van der Waals surface area contributed by atoms with E-state index in [2.05, 4.69) is 6.07 Å². The van der Waals surface area contributed by atoms with E-state index in [9.17, 15) is 4.79 Å². The van der Waals surface area contributed by atoms with Gasteiger partial charge in [0, 0.05) is 13.1 Å². The van der Waals surface area contributed by atoms with Crippen LogP contribution >= 0.6 is 0 Å². The largest absolute Gasteiger partial charge is 0.481 e. The van der Waals surface area contributed by atoms with Crippen LogP contribution in [-0.4, -0.2) is 30.0 Å². The first-order chi connectivity index (χ1) is 8.58. The van der Waals surface area contributed by atoms with Crippen LogP contribution in [0.4, 0.5) is 0 Å². The Morgan fingerprint density at radius 1 is 1.28 bits per heavy atom. The van der Waals surface area contributed by atoms with E-state index in [0.29, 0.717) is 0 Å². The summed E-state index contributed by atoms with van der Waals surface area (Å²) in [5.74, 6) is 0.920. The lowest BCUT2D eigenvalue weighted by molar-refractivity contribution is -0.136. The van der Waals surface area contributed by atoms with E-state index in [1.807, 2.05) is 37.8 Å². The molecule has 0 unspecified atom stereocenters. The zero-order chi connectivity index (χ0) is 13.1. The van der Waals surface area contributed by atoms with Crippen LogP contribution in [0.2, 0.25) is 0 Å². The van der Waals surface area contributed by atoms with Gasteiger partial charge < -0.3 is 9.64 Å². The summed E-state index contributed by atoms with van der Waals surface area (Å²) in [5.41, 5.74) is 2.22. The van der Waals surface area contributed by atoms with Gasteiger partial charge in [0.05, 0.1) is 0 Å². The first-order valence-electron chi connectivity index (χ1n) is 6.60. The molecule has 1 fully saturated rings. The van der Waals surface area contributed by atoms with E-state index in [0.717, 1.165) is 42.8 Å². The number of ether oxygens (including phenoxy) is 1. The SMILES string of the molecule is Cc1ccc(C)c(O[C@@H](C)C(=O)N2CCCC2)c1. The summed E-state index contributed by atoms with van der Waals surface area (Å²) >= 11 is 0. The van der Waals surface area contributed by atoms with Crippen LogP contribution in [0.3, 0.4) is 0 Å². The lowest BCUT2D eigenvalue weighted by atomic mass is 10.1. The molecule has 1 saturated heterocycles. The summed E-state index contributed by atoms with van der Waals surface area (Å²) in [6, 6.07) is 6.07. The summed E-state index contributed by atoms with van der Waals surface area (Å²) in [6.07, 6.45) is 1.83. The van der Waals surface area contributed by atoms with Crippen molar-refractivity contribution in [3.8, 4) is 5.75 Å². The van der Waals surface area contributed by atoms with Gasteiger partial charge in [0.2, 0.25) is 0 Å². The summed E-state index contributed by atoms with van der Waals surface area (Å²) < 4.78 is 5.81. The fourth-order valence-electron chi connectivity index (χ4n) is 2.27. The van der Waals surface area contributed by atoms with Gasteiger partial charge >= 0.3 is 0 Å². The highest BCUT2D eigenvalue weighted by Crippen LogP contribution is 2.21. The molecule has 3 nitrogen and oxygen atoms in total. The molecule has 1 aliphatic heterocycles. The Balaban J connectivity index is 2.03. The summed E-state index contributed by atoms with van der Waals surface area (Å²) in [7, 11) is 0. The van der Waals surface area contributed by atoms with Crippen molar-refractivity contribution in [1.82, 2.24) is 4.90 Å². The second-order valence-corrected chi connectivity index (χ2v) is 5.06. The van der Waals surface area contributed by atoms with Gasteiger partial charge in [0.1, 0.15) is 5.75 Å². The van der Waals surface area contributed by atoms with E-state index < -0.39 is 6.10 Å². The first-order valence-corrected chi connectivity index (χ1v) is 6.60. The van der Waals surface area contributed by atoms with Crippen LogP contribution in [0, 0.1) is 13.8 Å².